The predicted molar refractivity (Wildman–Crippen MR) is 79.6 cm³/mol. The molecule has 0 aliphatic rings. The zero-order valence-corrected chi connectivity index (χ0v) is 11.8. The summed E-state index contributed by atoms with van der Waals surface area (Å²) in [5, 5.41) is 12.2. The van der Waals surface area contributed by atoms with Gasteiger partial charge in [-0.05, 0) is 59.0 Å². The average Bonchev–Trinajstić information content (AvgIpc) is 2.35. The Labute approximate surface area is 122 Å². The summed E-state index contributed by atoms with van der Waals surface area (Å²) in [6.07, 6.45) is 0. The van der Waals surface area contributed by atoms with Gasteiger partial charge in [0.25, 0.3) is 5.91 Å². The van der Waals surface area contributed by atoms with Crippen molar-refractivity contribution in [1.29, 1.82) is 0 Å². The van der Waals surface area contributed by atoms with Gasteiger partial charge in [-0.25, -0.2) is 4.39 Å². The molecule has 0 unspecified atom stereocenters. The van der Waals surface area contributed by atoms with E-state index in [2.05, 4.69) is 5.32 Å². The zero-order chi connectivity index (χ0) is 14.0. The first kappa shape index (κ1) is 13.6. The molecule has 0 fully saturated rings. The van der Waals surface area contributed by atoms with E-state index in [0.29, 0.717) is 5.69 Å². The van der Waals surface area contributed by atoms with Gasteiger partial charge < -0.3 is 16.2 Å². The minimum atomic E-state index is -0.505. The van der Waals surface area contributed by atoms with E-state index < -0.39 is 11.7 Å². The number of carbonyl (C=O) groups excluding carboxylic acids is 1. The number of phenols is 1. The molecule has 0 atom stereocenters. The van der Waals surface area contributed by atoms with Crippen molar-refractivity contribution in [3.05, 3.63) is 51.3 Å². The molecule has 0 bridgehead atoms. The first-order chi connectivity index (χ1) is 8.97. The standard InChI is InChI=1S/C13H10FIN2O2/c14-7-1-3-11(10(16)5-7)17-13(19)9-6-8(15)2-4-12(9)18/h1-6,18H,16H2,(H,17,19). The number of phenolic OH excluding ortho intramolecular Hbond substituents is 1. The number of rotatable bonds is 2. The van der Waals surface area contributed by atoms with Crippen LogP contribution < -0.4 is 11.1 Å². The van der Waals surface area contributed by atoms with E-state index in [4.69, 9.17) is 5.73 Å². The molecule has 0 heterocycles. The Kier molecular flexibility index (Phi) is 3.89. The SMILES string of the molecule is Nc1cc(F)ccc1NC(=O)c1cc(I)ccc1O. The van der Waals surface area contributed by atoms with Gasteiger partial charge in [0, 0.05) is 3.57 Å². The number of hydrogen-bond donors (Lipinski definition) is 3. The van der Waals surface area contributed by atoms with Crippen LogP contribution in [0.1, 0.15) is 10.4 Å². The van der Waals surface area contributed by atoms with Crippen LogP contribution in [-0.4, -0.2) is 11.0 Å². The van der Waals surface area contributed by atoms with Crippen molar-refractivity contribution in [2.75, 3.05) is 11.1 Å². The van der Waals surface area contributed by atoms with Crippen LogP contribution in [0, 0.1) is 9.39 Å². The maximum absolute atomic E-state index is 12.9. The predicted octanol–water partition coefficient (Wildman–Crippen LogP) is 2.97. The molecular weight excluding hydrogens is 362 g/mol. The van der Waals surface area contributed by atoms with Gasteiger partial charge in [-0.1, -0.05) is 0 Å². The Balaban J connectivity index is 2.28. The summed E-state index contributed by atoms with van der Waals surface area (Å²) >= 11 is 2.03. The fourth-order valence-electron chi connectivity index (χ4n) is 1.53. The number of nitrogens with two attached hydrogens (primary N) is 1. The molecule has 4 N–H and O–H groups in total. The summed E-state index contributed by atoms with van der Waals surface area (Å²) in [4.78, 5) is 12.0. The molecule has 0 spiro atoms. The Morgan fingerprint density at radius 1 is 1.26 bits per heavy atom. The van der Waals surface area contributed by atoms with Crippen LogP contribution in [-0.2, 0) is 0 Å². The van der Waals surface area contributed by atoms with Crippen molar-refractivity contribution in [3.63, 3.8) is 0 Å². The van der Waals surface area contributed by atoms with E-state index in [0.717, 1.165) is 9.64 Å². The quantitative estimate of drug-likeness (QED) is 0.561. The lowest BCUT2D eigenvalue weighted by atomic mass is 10.2. The van der Waals surface area contributed by atoms with E-state index in [1.807, 2.05) is 22.6 Å². The van der Waals surface area contributed by atoms with Crippen LogP contribution in [0.25, 0.3) is 0 Å². The first-order valence-electron chi connectivity index (χ1n) is 5.32. The lowest BCUT2D eigenvalue weighted by molar-refractivity contribution is 0.102. The van der Waals surface area contributed by atoms with Gasteiger partial charge in [-0.15, -0.1) is 0 Å². The maximum atomic E-state index is 12.9. The highest BCUT2D eigenvalue weighted by molar-refractivity contribution is 14.1. The zero-order valence-electron chi connectivity index (χ0n) is 9.65. The third kappa shape index (κ3) is 3.14. The van der Waals surface area contributed by atoms with E-state index in [-0.39, 0.29) is 17.0 Å². The fourth-order valence-corrected chi connectivity index (χ4v) is 2.02. The number of halogens is 2. The third-order valence-electron chi connectivity index (χ3n) is 2.47. The Morgan fingerprint density at radius 3 is 2.68 bits per heavy atom. The number of nitrogen functional groups attached to an aromatic ring is 1. The van der Waals surface area contributed by atoms with E-state index in [9.17, 15) is 14.3 Å². The van der Waals surface area contributed by atoms with Crippen molar-refractivity contribution in [3.8, 4) is 5.75 Å². The molecule has 0 aliphatic heterocycles. The lowest BCUT2D eigenvalue weighted by Gasteiger charge is -2.09. The topological polar surface area (TPSA) is 75.3 Å². The van der Waals surface area contributed by atoms with E-state index in [1.165, 1.54) is 18.2 Å². The smallest absolute Gasteiger partial charge is 0.259 e. The lowest BCUT2D eigenvalue weighted by Crippen LogP contribution is -2.13. The van der Waals surface area contributed by atoms with Gasteiger partial charge in [-0.3, -0.25) is 4.79 Å². The van der Waals surface area contributed by atoms with Crippen LogP contribution >= 0.6 is 22.6 Å². The minimum Gasteiger partial charge on any atom is -0.507 e. The third-order valence-corrected chi connectivity index (χ3v) is 3.14. The second kappa shape index (κ2) is 5.43. The summed E-state index contributed by atoms with van der Waals surface area (Å²) < 4.78 is 13.7. The second-order valence-corrected chi connectivity index (χ2v) is 5.09. The molecule has 1 amide bonds. The summed E-state index contributed by atoms with van der Waals surface area (Å²) in [6.45, 7) is 0. The van der Waals surface area contributed by atoms with Crippen molar-refractivity contribution < 1.29 is 14.3 Å². The molecule has 6 heteroatoms. The van der Waals surface area contributed by atoms with E-state index in [1.54, 1.807) is 12.1 Å². The molecule has 0 aliphatic carbocycles. The van der Waals surface area contributed by atoms with Crippen molar-refractivity contribution in [2.24, 2.45) is 0 Å². The molecule has 19 heavy (non-hydrogen) atoms. The number of anilines is 2. The maximum Gasteiger partial charge on any atom is 0.259 e. The van der Waals surface area contributed by atoms with Gasteiger partial charge in [0.1, 0.15) is 11.6 Å². The van der Waals surface area contributed by atoms with Crippen molar-refractivity contribution in [2.45, 2.75) is 0 Å². The summed E-state index contributed by atoms with van der Waals surface area (Å²) in [5.41, 5.74) is 6.15. The number of amides is 1. The summed E-state index contributed by atoms with van der Waals surface area (Å²) in [5.74, 6) is -1.11. The van der Waals surface area contributed by atoms with Gasteiger partial charge in [-0.2, -0.15) is 0 Å². The Bertz CT molecular complexity index is 647. The van der Waals surface area contributed by atoms with Crippen molar-refractivity contribution in [1.82, 2.24) is 0 Å². The molecule has 98 valence electrons. The van der Waals surface area contributed by atoms with Crippen LogP contribution in [0.2, 0.25) is 0 Å². The van der Waals surface area contributed by atoms with Crippen molar-refractivity contribution >= 4 is 39.9 Å². The van der Waals surface area contributed by atoms with E-state index >= 15 is 0 Å². The van der Waals surface area contributed by atoms with Crippen LogP contribution in [0.4, 0.5) is 15.8 Å². The highest BCUT2D eigenvalue weighted by atomic mass is 127. The number of nitrogens with one attached hydrogen (secondary N) is 1. The highest BCUT2D eigenvalue weighted by Gasteiger charge is 2.13. The number of aromatic hydroxyl groups is 1. The van der Waals surface area contributed by atoms with Gasteiger partial charge in [0.05, 0.1) is 16.9 Å². The molecule has 0 aromatic heterocycles. The molecule has 2 aromatic carbocycles. The molecule has 0 saturated heterocycles. The normalized spacial score (nSPS) is 10.2. The molecule has 2 rings (SSSR count). The monoisotopic (exact) mass is 372 g/mol. The number of hydrogen-bond acceptors (Lipinski definition) is 3. The van der Waals surface area contributed by atoms with Crippen LogP contribution in [0.15, 0.2) is 36.4 Å². The fraction of sp³-hybridized carbons (Fsp3) is 0. The molecule has 2 aromatic rings. The average molecular weight is 372 g/mol. The molecule has 0 saturated carbocycles. The minimum absolute atomic E-state index is 0.124. The first-order valence-corrected chi connectivity index (χ1v) is 6.40. The summed E-state index contributed by atoms with van der Waals surface area (Å²) in [6, 6.07) is 8.34. The molecule has 4 nitrogen and oxygen atoms in total. The van der Waals surface area contributed by atoms with Crippen LogP contribution in [0.5, 0.6) is 5.75 Å². The molecule has 0 radical (unpaired) electrons. The van der Waals surface area contributed by atoms with Gasteiger partial charge in [0.2, 0.25) is 0 Å². The molecular formula is C13H10FIN2O2. The van der Waals surface area contributed by atoms with Gasteiger partial charge in [0.15, 0.2) is 0 Å². The number of carbonyl (C=O) groups is 1. The number of benzene rings is 2. The summed E-state index contributed by atoms with van der Waals surface area (Å²) in [7, 11) is 0. The second-order valence-electron chi connectivity index (χ2n) is 3.85. The largest absolute Gasteiger partial charge is 0.507 e. The Morgan fingerprint density at radius 2 is 2.00 bits per heavy atom. The van der Waals surface area contributed by atoms with Gasteiger partial charge >= 0.3 is 0 Å². The Hall–Kier alpha value is -1.83. The van der Waals surface area contributed by atoms with Crippen LogP contribution in [0.3, 0.4) is 0 Å². The highest BCUT2D eigenvalue weighted by Crippen LogP contribution is 2.23.